The van der Waals surface area contributed by atoms with Crippen molar-refractivity contribution in [3.05, 3.63) is 12.2 Å². The summed E-state index contributed by atoms with van der Waals surface area (Å²) in [6.07, 6.45) is 0. The zero-order valence-corrected chi connectivity index (χ0v) is 5.02. The summed E-state index contributed by atoms with van der Waals surface area (Å²) in [7, 11) is 1.33. The molecule has 0 saturated heterocycles. The first-order chi connectivity index (χ1) is 3.18. The van der Waals surface area contributed by atoms with E-state index >= 15 is 0 Å². The van der Waals surface area contributed by atoms with E-state index in [9.17, 15) is 4.79 Å². The Kier molecular flexibility index (Phi) is 14.6. The summed E-state index contributed by atoms with van der Waals surface area (Å²) in [5, 5.41) is 0. The molecule has 0 aromatic heterocycles. The van der Waals surface area contributed by atoms with Crippen molar-refractivity contribution >= 4 is 35.5 Å². The van der Waals surface area contributed by atoms with E-state index in [1.807, 2.05) is 0 Å². The van der Waals surface area contributed by atoms with E-state index in [4.69, 9.17) is 0 Å². The van der Waals surface area contributed by atoms with E-state index < -0.39 is 0 Å². The molecule has 0 aromatic carbocycles. The molecule has 3 nitrogen and oxygen atoms in total. The van der Waals surface area contributed by atoms with Gasteiger partial charge in [0.25, 0.3) is 0 Å². The molecule has 0 atom stereocenters. The van der Waals surface area contributed by atoms with Gasteiger partial charge in [0.05, 0.1) is 7.11 Å². The average molecular weight is 142 g/mol. The third-order valence-corrected chi connectivity index (χ3v) is 0.534. The number of rotatable bonds is 1. The molecule has 0 spiro atoms. The minimum absolute atomic E-state index is 0. The van der Waals surface area contributed by atoms with Gasteiger partial charge in [0.15, 0.2) is 0 Å². The molecule has 2 N–H and O–H groups in total. The number of ether oxygens (including phenoxy) is 1. The quantitative estimate of drug-likeness (QED) is 0.275. The monoisotopic (exact) mass is 142 g/mol. The van der Waals surface area contributed by atoms with Crippen LogP contribution in [0, 0.1) is 0 Å². The van der Waals surface area contributed by atoms with Crippen LogP contribution in [-0.4, -0.2) is 48.1 Å². The number of methoxy groups -OCH3 is 1. The molecule has 50 valence electrons. The zero-order chi connectivity index (χ0) is 5.86. The Morgan fingerprint density at radius 3 is 1.89 bits per heavy atom. The second-order valence-corrected chi connectivity index (χ2v) is 1.27. The molecule has 0 aliphatic rings. The maximum atomic E-state index is 10.2. The summed E-state index contributed by atoms with van der Waals surface area (Å²) in [6.45, 7) is 4.95. The van der Waals surface area contributed by atoms with Gasteiger partial charge in [-0.3, -0.25) is 0 Å². The van der Waals surface area contributed by atoms with Crippen LogP contribution >= 0.6 is 0 Å². The molecular weight excluding hydrogens is 131 g/mol. The van der Waals surface area contributed by atoms with Crippen molar-refractivity contribution in [3.63, 3.8) is 0 Å². The molecule has 0 fully saturated rings. The van der Waals surface area contributed by atoms with Crippen molar-refractivity contribution in [3.8, 4) is 0 Å². The van der Waals surface area contributed by atoms with Gasteiger partial charge in [0, 0.05) is 5.57 Å². The van der Waals surface area contributed by atoms with Gasteiger partial charge in [-0.15, -0.1) is 0 Å². The zero-order valence-electron chi connectivity index (χ0n) is 5.02. The molecular formula is C5H11NaO3. The van der Waals surface area contributed by atoms with Crippen LogP contribution < -0.4 is 0 Å². The summed E-state index contributed by atoms with van der Waals surface area (Å²) < 4.78 is 4.27. The van der Waals surface area contributed by atoms with Crippen LogP contribution in [0.4, 0.5) is 0 Å². The standard InChI is InChI=1S/C5H8O2.Na.H2O.H/c1-4(2)5(6)7-3;;;/h1H2,2-3H3;;1H2;. The minimum atomic E-state index is -0.347. The van der Waals surface area contributed by atoms with E-state index in [0.29, 0.717) is 5.57 Å². The third kappa shape index (κ3) is 8.17. The first-order valence-corrected chi connectivity index (χ1v) is 1.92. The van der Waals surface area contributed by atoms with Gasteiger partial charge in [-0.2, -0.15) is 0 Å². The first-order valence-electron chi connectivity index (χ1n) is 1.92. The van der Waals surface area contributed by atoms with Crippen molar-refractivity contribution in [2.24, 2.45) is 0 Å². The summed E-state index contributed by atoms with van der Waals surface area (Å²) in [5.41, 5.74) is 0.433. The second kappa shape index (κ2) is 8.17. The van der Waals surface area contributed by atoms with E-state index in [2.05, 4.69) is 11.3 Å². The number of hydrogen-bond acceptors (Lipinski definition) is 2. The van der Waals surface area contributed by atoms with Crippen molar-refractivity contribution in [2.75, 3.05) is 7.11 Å². The average Bonchev–Trinajstić information content (AvgIpc) is 1.65. The Balaban J connectivity index is -0.000000180. The molecule has 0 bridgehead atoms. The van der Waals surface area contributed by atoms with Gasteiger partial charge < -0.3 is 10.2 Å². The Morgan fingerprint density at radius 2 is 1.89 bits per heavy atom. The van der Waals surface area contributed by atoms with Crippen LogP contribution in [0.1, 0.15) is 6.92 Å². The Bertz CT molecular complexity index is 100. The molecule has 0 amide bonds. The van der Waals surface area contributed by atoms with E-state index in [0.717, 1.165) is 0 Å². The van der Waals surface area contributed by atoms with E-state index in [1.54, 1.807) is 6.92 Å². The second-order valence-electron chi connectivity index (χ2n) is 1.27. The number of esters is 1. The fourth-order valence-corrected chi connectivity index (χ4v) is 0.174. The molecule has 0 aliphatic heterocycles. The van der Waals surface area contributed by atoms with Crippen LogP contribution in [0.5, 0.6) is 0 Å². The first kappa shape index (κ1) is 16.1. The van der Waals surface area contributed by atoms with E-state index in [1.165, 1.54) is 7.11 Å². The van der Waals surface area contributed by atoms with Crippen LogP contribution in [-0.2, 0) is 9.53 Å². The summed E-state index contributed by atoms with van der Waals surface area (Å²) in [4.78, 5) is 10.2. The molecule has 0 saturated carbocycles. The van der Waals surface area contributed by atoms with Crippen LogP contribution in [0.25, 0.3) is 0 Å². The van der Waals surface area contributed by atoms with Gasteiger partial charge in [-0.05, 0) is 6.92 Å². The summed E-state index contributed by atoms with van der Waals surface area (Å²) in [5.74, 6) is -0.347. The van der Waals surface area contributed by atoms with Crippen LogP contribution in [0.15, 0.2) is 12.2 Å². The molecule has 0 rings (SSSR count). The molecule has 0 aromatic rings. The maximum absolute atomic E-state index is 10.2. The predicted molar refractivity (Wildman–Crippen MR) is 37.6 cm³/mol. The Morgan fingerprint density at radius 1 is 1.56 bits per heavy atom. The Labute approximate surface area is 76.7 Å². The van der Waals surface area contributed by atoms with Gasteiger partial charge in [0.1, 0.15) is 0 Å². The number of hydrogen-bond donors (Lipinski definition) is 0. The van der Waals surface area contributed by atoms with Crippen molar-refractivity contribution in [1.82, 2.24) is 0 Å². The van der Waals surface area contributed by atoms with Gasteiger partial charge in [0.2, 0.25) is 0 Å². The predicted octanol–water partition coefficient (Wildman–Crippen LogP) is -0.738. The Hall–Kier alpha value is 0.170. The molecule has 0 heterocycles. The summed E-state index contributed by atoms with van der Waals surface area (Å²) in [6, 6.07) is 0. The van der Waals surface area contributed by atoms with Gasteiger partial charge in [-0.25, -0.2) is 4.79 Å². The third-order valence-electron chi connectivity index (χ3n) is 0.534. The normalized spacial score (nSPS) is 6.00. The molecule has 9 heavy (non-hydrogen) atoms. The molecule has 0 unspecified atom stereocenters. The topological polar surface area (TPSA) is 57.8 Å². The molecule has 4 heteroatoms. The van der Waals surface area contributed by atoms with Gasteiger partial charge in [-0.1, -0.05) is 6.58 Å². The SMILES string of the molecule is C=C(C)C(=O)OC.O.[NaH]. The van der Waals surface area contributed by atoms with Crippen molar-refractivity contribution in [1.29, 1.82) is 0 Å². The number of carbonyl (C=O) groups is 1. The molecule has 0 radical (unpaired) electrons. The number of carbonyl (C=O) groups excluding carboxylic acids is 1. The van der Waals surface area contributed by atoms with Crippen LogP contribution in [0.3, 0.4) is 0 Å². The van der Waals surface area contributed by atoms with Crippen molar-refractivity contribution < 1.29 is 15.0 Å². The summed E-state index contributed by atoms with van der Waals surface area (Å²) >= 11 is 0. The van der Waals surface area contributed by atoms with E-state index in [-0.39, 0.29) is 41.0 Å². The van der Waals surface area contributed by atoms with Gasteiger partial charge >= 0.3 is 35.5 Å². The van der Waals surface area contributed by atoms with Crippen LogP contribution in [0.2, 0.25) is 0 Å². The molecule has 0 aliphatic carbocycles. The van der Waals surface area contributed by atoms with Crippen molar-refractivity contribution in [2.45, 2.75) is 6.92 Å². The fraction of sp³-hybridized carbons (Fsp3) is 0.400. The fourth-order valence-electron chi connectivity index (χ4n) is 0.174.